The molecule has 1 aromatic heterocycles. The van der Waals surface area contributed by atoms with Crippen molar-refractivity contribution < 1.29 is 18.7 Å². The van der Waals surface area contributed by atoms with Crippen molar-refractivity contribution in [1.82, 2.24) is 9.97 Å². The second-order valence-electron chi connectivity index (χ2n) is 6.22. The van der Waals surface area contributed by atoms with Gasteiger partial charge in [-0.05, 0) is 56.9 Å². The van der Waals surface area contributed by atoms with Crippen LogP contribution in [0.25, 0.3) is 0 Å². The lowest BCUT2D eigenvalue weighted by Crippen LogP contribution is -2.36. The Labute approximate surface area is 151 Å². The topological polar surface area (TPSA) is 73.3 Å². The summed E-state index contributed by atoms with van der Waals surface area (Å²) in [7, 11) is 1.31. The predicted molar refractivity (Wildman–Crippen MR) is 94.7 cm³/mol. The molecule has 1 aliphatic carbocycles. The van der Waals surface area contributed by atoms with Gasteiger partial charge in [0.1, 0.15) is 23.2 Å². The number of halogens is 1. The van der Waals surface area contributed by atoms with Gasteiger partial charge in [0.2, 0.25) is 6.10 Å². The zero-order valence-corrected chi connectivity index (χ0v) is 14.9. The summed E-state index contributed by atoms with van der Waals surface area (Å²) in [6, 6.07) is 5.51. The first-order valence-electron chi connectivity index (χ1n) is 8.67. The van der Waals surface area contributed by atoms with E-state index in [4.69, 9.17) is 9.47 Å². The van der Waals surface area contributed by atoms with Crippen LogP contribution in [0.3, 0.4) is 0 Å². The highest BCUT2D eigenvalue weighted by Gasteiger charge is 2.23. The third kappa shape index (κ3) is 4.28. The summed E-state index contributed by atoms with van der Waals surface area (Å²) in [5.74, 6) is 0.949. The molecule has 0 saturated carbocycles. The maximum Gasteiger partial charge on any atom is 0.348 e. The first kappa shape index (κ1) is 18.1. The molecule has 1 N–H and O–H groups in total. The Hall–Kier alpha value is -2.70. The van der Waals surface area contributed by atoms with Crippen LogP contribution >= 0.6 is 0 Å². The van der Waals surface area contributed by atoms with Crippen molar-refractivity contribution in [2.45, 2.75) is 38.7 Å². The molecule has 0 spiro atoms. The van der Waals surface area contributed by atoms with E-state index in [2.05, 4.69) is 15.3 Å². The zero-order valence-electron chi connectivity index (χ0n) is 14.9. The first-order valence-corrected chi connectivity index (χ1v) is 8.67. The summed E-state index contributed by atoms with van der Waals surface area (Å²) in [6.45, 7) is 2.04. The molecule has 1 heterocycles. The molecule has 0 radical (unpaired) electrons. The van der Waals surface area contributed by atoms with Crippen molar-refractivity contribution >= 4 is 11.8 Å². The lowest BCUT2D eigenvalue weighted by Gasteiger charge is -2.21. The average molecular weight is 359 g/mol. The number of hydrogen-bond acceptors (Lipinski definition) is 6. The molecule has 7 heteroatoms. The summed E-state index contributed by atoms with van der Waals surface area (Å²) in [5.41, 5.74) is 2.17. The Morgan fingerprint density at radius 2 is 1.96 bits per heavy atom. The fraction of sp³-hybridized carbons (Fsp3) is 0.421. The molecule has 0 amide bonds. The third-order valence-electron chi connectivity index (χ3n) is 4.31. The van der Waals surface area contributed by atoms with Gasteiger partial charge in [-0.1, -0.05) is 0 Å². The summed E-state index contributed by atoms with van der Waals surface area (Å²) < 4.78 is 23.5. The van der Waals surface area contributed by atoms with E-state index in [0.717, 1.165) is 42.8 Å². The molecule has 6 nitrogen and oxygen atoms in total. The van der Waals surface area contributed by atoms with E-state index in [1.54, 1.807) is 0 Å². The molecular weight excluding hydrogens is 337 g/mol. The Bertz CT molecular complexity index is 780. The summed E-state index contributed by atoms with van der Waals surface area (Å²) in [5, 5.41) is 3.21. The molecule has 1 aromatic carbocycles. The van der Waals surface area contributed by atoms with Crippen molar-refractivity contribution in [1.29, 1.82) is 0 Å². The van der Waals surface area contributed by atoms with E-state index in [1.807, 2.05) is 6.92 Å². The van der Waals surface area contributed by atoms with Gasteiger partial charge in [0.05, 0.1) is 13.7 Å². The van der Waals surface area contributed by atoms with Crippen molar-refractivity contribution in [2.75, 3.05) is 19.0 Å². The summed E-state index contributed by atoms with van der Waals surface area (Å²) in [4.78, 5) is 21.1. The van der Waals surface area contributed by atoms with Gasteiger partial charge >= 0.3 is 5.97 Å². The number of methoxy groups -OCH3 is 1. The van der Waals surface area contributed by atoms with Crippen LogP contribution in [0.15, 0.2) is 24.3 Å². The van der Waals surface area contributed by atoms with Crippen LogP contribution in [0.2, 0.25) is 0 Å². The minimum Gasteiger partial charge on any atom is -0.477 e. The normalized spacial score (nSPS) is 14.3. The van der Waals surface area contributed by atoms with Gasteiger partial charge in [-0.3, -0.25) is 0 Å². The molecule has 0 bridgehead atoms. The molecule has 1 aliphatic rings. The van der Waals surface area contributed by atoms with Crippen LogP contribution in [0.4, 0.5) is 10.2 Å². The van der Waals surface area contributed by atoms with Gasteiger partial charge in [0, 0.05) is 11.3 Å². The fourth-order valence-electron chi connectivity index (χ4n) is 3.04. The number of carbonyl (C=O) groups is 1. The lowest BCUT2D eigenvalue weighted by molar-refractivity contribution is -0.148. The number of fused-ring (bicyclic) bond motifs is 1. The molecule has 0 fully saturated rings. The van der Waals surface area contributed by atoms with Crippen molar-refractivity contribution in [3.8, 4) is 5.75 Å². The fourth-order valence-corrected chi connectivity index (χ4v) is 3.04. The quantitative estimate of drug-likeness (QED) is 0.800. The van der Waals surface area contributed by atoms with Gasteiger partial charge < -0.3 is 14.8 Å². The first-order chi connectivity index (χ1) is 12.6. The average Bonchev–Trinajstić information content (AvgIpc) is 2.65. The molecule has 0 saturated heterocycles. The number of benzene rings is 1. The molecule has 0 aliphatic heterocycles. The molecule has 3 rings (SSSR count). The van der Waals surface area contributed by atoms with Crippen LogP contribution in [0.1, 0.15) is 29.9 Å². The van der Waals surface area contributed by atoms with Crippen molar-refractivity contribution in [2.24, 2.45) is 0 Å². The molecular formula is C19H22FN3O3. The van der Waals surface area contributed by atoms with Crippen LogP contribution < -0.4 is 10.1 Å². The number of carbonyl (C=O) groups excluding carboxylic acids is 1. The van der Waals surface area contributed by atoms with E-state index in [-0.39, 0.29) is 12.4 Å². The molecule has 26 heavy (non-hydrogen) atoms. The lowest BCUT2D eigenvalue weighted by atomic mass is 9.96. The van der Waals surface area contributed by atoms with Gasteiger partial charge in [-0.2, -0.15) is 0 Å². The van der Waals surface area contributed by atoms with Gasteiger partial charge in [-0.15, -0.1) is 0 Å². The van der Waals surface area contributed by atoms with E-state index in [0.29, 0.717) is 11.6 Å². The molecule has 2 aromatic rings. The van der Waals surface area contributed by atoms with E-state index >= 15 is 0 Å². The second kappa shape index (κ2) is 8.12. The van der Waals surface area contributed by atoms with E-state index < -0.39 is 12.1 Å². The van der Waals surface area contributed by atoms with Crippen LogP contribution in [0, 0.1) is 12.7 Å². The second-order valence-corrected chi connectivity index (χ2v) is 6.22. The zero-order chi connectivity index (χ0) is 18.5. The number of anilines is 1. The minimum absolute atomic E-state index is 0.187. The van der Waals surface area contributed by atoms with Gasteiger partial charge in [-0.25, -0.2) is 19.2 Å². The van der Waals surface area contributed by atoms with E-state index in [9.17, 15) is 9.18 Å². The standard InChI is InChI=1S/C19H22FN3O3/c1-12-22-16-6-4-3-5-15(16)18(23-12)21-11-17(19(24)25-2)26-14-9-7-13(20)8-10-14/h7-10,17H,3-6,11H2,1-2H3,(H,21,22,23). The Kier molecular flexibility index (Phi) is 5.65. The number of ether oxygens (including phenoxy) is 2. The molecule has 138 valence electrons. The number of nitrogens with zero attached hydrogens (tertiary/aromatic N) is 2. The third-order valence-corrected chi connectivity index (χ3v) is 4.31. The number of aryl methyl sites for hydroxylation is 2. The van der Waals surface area contributed by atoms with Crippen molar-refractivity contribution in [3.05, 3.63) is 47.2 Å². The number of rotatable bonds is 6. The number of hydrogen-bond donors (Lipinski definition) is 1. The van der Waals surface area contributed by atoms with Gasteiger partial charge in [0.25, 0.3) is 0 Å². The molecule has 1 atom stereocenters. The highest BCUT2D eigenvalue weighted by Crippen LogP contribution is 2.25. The SMILES string of the molecule is COC(=O)C(CNc1nc(C)nc2c1CCCC2)Oc1ccc(F)cc1. The Morgan fingerprint density at radius 3 is 2.69 bits per heavy atom. The van der Waals surface area contributed by atoms with E-state index in [1.165, 1.54) is 31.4 Å². The van der Waals surface area contributed by atoms with Crippen LogP contribution in [-0.2, 0) is 22.4 Å². The monoisotopic (exact) mass is 359 g/mol. The highest BCUT2D eigenvalue weighted by atomic mass is 19.1. The number of esters is 1. The van der Waals surface area contributed by atoms with Crippen LogP contribution in [0.5, 0.6) is 5.75 Å². The Balaban J connectivity index is 1.75. The van der Waals surface area contributed by atoms with Gasteiger partial charge in [0.15, 0.2) is 0 Å². The maximum absolute atomic E-state index is 13.0. The number of nitrogens with one attached hydrogen (secondary N) is 1. The summed E-state index contributed by atoms with van der Waals surface area (Å²) >= 11 is 0. The minimum atomic E-state index is -0.875. The largest absolute Gasteiger partial charge is 0.477 e. The molecule has 1 unspecified atom stereocenters. The highest BCUT2D eigenvalue weighted by molar-refractivity contribution is 5.75. The van der Waals surface area contributed by atoms with Crippen molar-refractivity contribution in [3.63, 3.8) is 0 Å². The smallest absolute Gasteiger partial charge is 0.348 e. The summed E-state index contributed by atoms with van der Waals surface area (Å²) in [6.07, 6.45) is 3.21. The van der Waals surface area contributed by atoms with Crippen LogP contribution in [-0.4, -0.2) is 35.7 Å². The number of aromatic nitrogens is 2. The predicted octanol–water partition coefficient (Wildman–Crippen LogP) is 2.84. The Morgan fingerprint density at radius 1 is 1.23 bits per heavy atom. The maximum atomic E-state index is 13.0.